The highest BCUT2D eigenvalue weighted by Gasteiger charge is 2.27. The number of nitrogen functional groups attached to an aromatic ring is 1. The number of nitrogens with one attached hydrogen (secondary N) is 1. The summed E-state index contributed by atoms with van der Waals surface area (Å²) in [6.45, 7) is 2.09. The van der Waals surface area contributed by atoms with Gasteiger partial charge in [0.05, 0.1) is 0 Å². The van der Waals surface area contributed by atoms with Gasteiger partial charge in [-0.2, -0.15) is 0 Å². The number of amides is 1. The zero-order chi connectivity index (χ0) is 18.4. The molecule has 1 heterocycles. The molecular formula is C18H26N4O3. The van der Waals surface area contributed by atoms with Crippen molar-refractivity contribution in [1.29, 1.82) is 5.41 Å². The van der Waals surface area contributed by atoms with E-state index in [1.54, 1.807) is 11.9 Å². The molecule has 0 unspecified atom stereocenters. The minimum atomic E-state index is -0.829. The van der Waals surface area contributed by atoms with Crippen LogP contribution < -0.4 is 10.6 Å². The van der Waals surface area contributed by atoms with Gasteiger partial charge in [-0.1, -0.05) is 0 Å². The monoisotopic (exact) mass is 346 g/mol. The summed E-state index contributed by atoms with van der Waals surface area (Å²) in [5, 5.41) is 16.1. The minimum Gasteiger partial charge on any atom is -0.481 e. The van der Waals surface area contributed by atoms with Gasteiger partial charge >= 0.3 is 5.97 Å². The number of benzene rings is 1. The highest BCUT2D eigenvalue weighted by molar-refractivity contribution is 5.95. The molecule has 1 fully saturated rings. The van der Waals surface area contributed by atoms with Crippen molar-refractivity contribution in [2.75, 3.05) is 31.6 Å². The van der Waals surface area contributed by atoms with Crippen LogP contribution in [0, 0.1) is 11.3 Å². The van der Waals surface area contributed by atoms with Crippen molar-refractivity contribution in [2.45, 2.75) is 25.7 Å². The number of rotatable bonds is 7. The van der Waals surface area contributed by atoms with E-state index in [1.807, 2.05) is 24.3 Å². The number of amidine groups is 1. The number of anilines is 1. The zero-order valence-corrected chi connectivity index (χ0v) is 14.6. The van der Waals surface area contributed by atoms with Gasteiger partial charge in [-0.05, 0) is 43.5 Å². The first-order chi connectivity index (χ1) is 11.9. The van der Waals surface area contributed by atoms with Crippen molar-refractivity contribution in [3.05, 3.63) is 29.8 Å². The number of nitrogens with zero attached hydrogens (tertiary/aromatic N) is 2. The first-order valence-corrected chi connectivity index (χ1v) is 8.54. The Morgan fingerprint density at radius 3 is 2.40 bits per heavy atom. The van der Waals surface area contributed by atoms with E-state index in [9.17, 15) is 9.59 Å². The van der Waals surface area contributed by atoms with Crippen LogP contribution >= 0.6 is 0 Å². The van der Waals surface area contributed by atoms with Crippen LogP contribution in [0.25, 0.3) is 0 Å². The number of nitrogens with two attached hydrogens (primary N) is 1. The molecule has 4 N–H and O–H groups in total. The van der Waals surface area contributed by atoms with Crippen LogP contribution in [0.4, 0.5) is 5.69 Å². The predicted molar refractivity (Wildman–Crippen MR) is 96.9 cm³/mol. The molecule has 1 amide bonds. The third-order valence-electron chi connectivity index (χ3n) is 4.65. The van der Waals surface area contributed by atoms with E-state index in [0.29, 0.717) is 18.5 Å². The van der Waals surface area contributed by atoms with Crippen LogP contribution in [0.5, 0.6) is 0 Å². The molecule has 0 radical (unpaired) electrons. The molecule has 0 atom stereocenters. The van der Waals surface area contributed by atoms with E-state index in [1.165, 1.54) is 0 Å². The van der Waals surface area contributed by atoms with Crippen molar-refractivity contribution in [2.24, 2.45) is 11.7 Å². The summed E-state index contributed by atoms with van der Waals surface area (Å²) in [6, 6.07) is 7.59. The first-order valence-electron chi connectivity index (χ1n) is 8.54. The highest BCUT2D eigenvalue weighted by atomic mass is 16.4. The fourth-order valence-electron chi connectivity index (χ4n) is 3.13. The minimum absolute atomic E-state index is 0.00238. The summed E-state index contributed by atoms with van der Waals surface area (Å²) in [6.07, 6.45) is 2.15. The van der Waals surface area contributed by atoms with Crippen molar-refractivity contribution >= 4 is 23.4 Å². The van der Waals surface area contributed by atoms with Crippen LogP contribution in [-0.4, -0.2) is 54.4 Å². The highest BCUT2D eigenvalue weighted by Crippen LogP contribution is 2.24. The SMILES string of the molecule is CN(CCCC(=O)O)C(=O)C1CCN(c2ccc(C(=N)N)cc2)CC1. The Bertz CT molecular complexity index is 622. The molecule has 1 aromatic rings. The van der Waals surface area contributed by atoms with E-state index < -0.39 is 5.97 Å². The lowest BCUT2D eigenvalue weighted by atomic mass is 9.95. The molecule has 1 aliphatic rings. The molecule has 0 saturated carbocycles. The maximum atomic E-state index is 12.5. The number of aliphatic carboxylic acids is 1. The molecule has 1 aliphatic heterocycles. The number of piperidine rings is 1. The molecule has 0 spiro atoms. The van der Waals surface area contributed by atoms with Crippen molar-refractivity contribution in [1.82, 2.24) is 4.90 Å². The maximum absolute atomic E-state index is 12.5. The van der Waals surface area contributed by atoms with Gasteiger partial charge < -0.3 is 20.6 Å². The lowest BCUT2D eigenvalue weighted by Gasteiger charge is -2.34. The lowest BCUT2D eigenvalue weighted by Crippen LogP contribution is -2.41. The Morgan fingerprint density at radius 1 is 1.28 bits per heavy atom. The van der Waals surface area contributed by atoms with Gasteiger partial charge in [0.2, 0.25) is 5.91 Å². The number of hydrogen-bond donors (Lipinski definition) is 3. The Morgan fingerprint density at radius 2 is 1.88 bits per heavy atom. The number of hydrogen-bond acceptors (Lipinski definition) is 4. The smallest absolute Gasteiger partial charge is 0.303 e. The van der Waals surface area contributed by atoms with Crippen LogP contribution in [-0.2, 0) is 9.59 Å². The van der Waals surface area contributed by atoms with Gasteiger partial charge in [0.25, 0.3) is 0 Å². The third-order valence-corrected chi connectivity index (χ3v) is 4.65. The predicted octanol–water partition coefficient (Wildman–Crippen LogP) is 1.51. The fraction of sp³-hybridized carbons (Fsp3) is 0.500. The quantitative estimate of drug-likeness (QED) is 0.512. The zero-order valence-electron chi connectivity index (χ0n) is 14.6. The van der Waals surface area contributed by atoms with Gasteiger partial charge in [0, 0.05) is 50.3 Å². The Hall–Kier alpha value is -2.57. The number of carbonyl (C=O) groups excluding carboxylic acids is 1. The van der Waals surface area contributed by atoms with Crippen LogP contribution in [0.3, 0.4) is 0 Å². The average Bonchev–Trinajstić information content (AvgIpc) is 2.61. The van der Waals surface area contributed by atoms with E-state index in [4.69, 9.17) is 16.2 Å². The standard InChI is InChI=1S/C18H26N4O3/c1-21(10-2-3-16(23)24)18(25)14-8-11-22(12-9-14)15-6-4-13(5-7-15)17(19)20/h4-7,14H,2-3,8-12H2,1H3,(H3,19,20)(H,23,24). The molecule has 1 saturated heterocycles. The molecule has 25 heavy (non-hydrogen) atoms. The second kappa shape index (κ2) is 8.50. The summed E-state index contributed by atoms with van der Waals surface area (Å²) < 4.78 is 0. The van der Waals surface area contributed by atoms with E-state index in [0.717, 1.165) is 31.6 Å². The molecule has 0 bridgehead atoms. The van der Waals surface area contributed by atoms with Gasteiger partial charge in [0.1, 0.15) is 5.84 Å². The molecule has 7 nitrogen and oxygen atoms in total. The lowest BCUT2D eigenvalue weighted by molar-refractivity contribution is -0.139. The summed E-state index contributed by atoms with van der Waals surface area (Å²) in [5.74, 6) is -0.661. The summed E-state index contributed by atoms with van der Waals surface area (Å²) in [4.78, 5) is 26.9. The van der Waals surface area contributed by atoms with Gasteiger partial charge in [-0.25, -0.2) is 0 Å². The summed E-state index contributed by atoms with van der Waals surface area (Å²) >= 11 is 0. The topological polar surface area (TPSA) is 111 Å². The molecule has 0 aromatic heterocycles. The van der Waals surface area contributed by atoms with Gasteiger partial charge in [0.15, 0.2) is 0 Å². The summed E-state index contributed by atoms with van der Waals surface area (Å²) in [5.41, 5.74) is 7.25. The van der Waals surface area contributed by atoms with Gasteiger partial charge in [-0.15, -0.1) is 0 Å². The normalized spacial score (nSPS) is 15.0. The van der Waals surface area contributed by atoms with E-state index in [2.05, 4.69) is 4.90 Å². The Labute approximate surface area is 147 Å². The van der Waals surface area contributed by atoms with E-state index in [-0.39, 0.29) is 24.1 Å². The molecule has 1 aromatic carbocycles. The van der Waals surface area contributed by atoms with Crippen molar-refractivity contribution < 1.29 is 14.7 Å². The fourth-order valence-corrected chi connectivity index (χ4v) is 3.13. The first kappa shape index (κ1) is 18.8. The Balaban J connectivity index is 1.83. The molecule has 136 valence electrons. The molecule has 7 heteroatoms. The number of carboxylic acid groups (broad SMARTS) is 1. The van der Waals surface area contributed by atoms with E-state index >= 15 is 0 Å². The molecule has 2 rings (SSSR count). The summed E-state index contributed by atoms with van der Waals surface area (Å²) in [7, 11) is 1.75. The van der Waals surface area contributed by atoms with Crippen molar-refractivity contribution in [3.63, 3.8) is 0 Å². The molecular weight excluding hydrogens is 320 g/mol. The second-order valence-corrected chi connectivity index (χ2v) is 6.48. The maximum Gasteiger partial charge on any atom is 0.303 e. The van der Waals surface area contributed by atoms with Crippen LogP contribution in [0.15, 0.2) is 24.3 Å². The van der Waals surface area contributed by atoms with Crippen LogP contribution in [0.1, 0.15) is 31.2 Å². The molecule has 0 aliphatic carbocycles. The number of carbonyl (C=O) groups is 2. The Kier molecular flexibility index (Phi) is 6.38. The number of carboxylic acids is 1. The van der Waals surface area contributed by atoms with Crippen molar-refractivity contribution in [3.8, 4) is 0 Å². The average molecular weight is 346 g/mol. The third kappa shape index (κ3) is 5.20. The van der Waals surface area contributed by atoms with Gasteiger partial charge in [-0.3, -0.25) is 15.0 Å². The largest absolute Gasteiger partial charge is 0.481 e. The van der Waals surface area contributed by atoms with Crippen LogP contribution in [0.2, 0.25) is 0 Å². The second-order valence-electron chi connectivity index (χ2n) is 6.48.